The number of likely N-dealkylation sites (tertiary alicyclic amines) is 1. The normalized spacial score (nSPS) is 14.9. The summed E-state index contributed by atoms with van der Waals surface area (Å²) in [6.45, 7) is 4.38. The van der Waals surface area contributed by atoms with Crippen LogP contribution in [0.4, 0.5) is 11.4 Å². The number of rotatable bonds is 5. The molecule has 1 saturated heterocycles. The van der Waals surface area contributed by atoms with Gasteiger partial charge in [0, 0.05) is 24.6 Å². The standard InChI is InChI=1S/C27H29N5O2/c1-18-16-22(34-27-29-24-17-28-13-10-23(24)26(33)30-27)8-9-25(18)32(3)21-6-4-19(5-7-21)20-11-14-31(2)15-12-20/h4-10,13,16-17,20H,11-12,14-15H2,1-3H3,(H,29,30,33). The first kappa shape index (κ1) is 22.1. The molecule has 7 nitrogen and oxygen atoms in total. The molecule has 1 aliphatic heterocycles. The molecule has 0 atom stereocenters. The van der Waals surface area contributed by atoms with Gasteiger partial charge in [-0.1, -0.05) is 12.1 Å². The van der Waals surface area contributed by atoms with Crippen molar-refractivity contribution in [1.82, 2.24) is 19.9 Å². The fourth-order valence-corrected chi connectivity index (χ4v) is 4.61. The number of hydrogen-bond donors (Lipinski definition) is 1. The maximum atomic E-state index is 10.2. The molecule has 2 aromatic carbocycles. The van der Waals surface area contributed by atoms with Crippen LogP contribution in [0.1, 0.15) is 29.9 Å². The van der Waals surface area contributed by atoms with E-state index >= 15 is 0 Å². The van der Waals surface area contributed by atoms with E-state index in [1.807, 2.05) is 25.1 Å². The average Bonchev–Trinajstić information content (AvgIpc) is 2.84. The molecule has 1 N–H and O–H groups in total. The highest BCUT2D eigenvalue weighted by Crippen LogP contribution is 2.34. The molecular weight excluding hydrogens is 426 g/mol. The van der Waals surface area contributed by atoms with E-state index in [-0.39, 0.29) is 11.9 Å². The molecule has 174 valence electrons. The van der Waals surface area contributed by atoms with Crippen LogP contribution in [0.25, 0.3) is 10.9 Å². The molecule has 0 saturated carbocycles. The van der Waals surface area contributed by atoms with Crippen LogP contribution in [0.5, 0.6) is 17.6 Å². The number of nitrogens with zero attached hydrogens (tertiary/aromatic N) is 5. The lowest BCUT2D eigenvalue weighted by molar-refractivity contribution is 0.255. The molecule has 1 fully saturated rings. The third-order valence-corrected chi connectivity index (χ3v) is 6.67. The van der Waals surface area contributed by atoms with Crippen LogP contribution in [0.3, 0.4) is 0 Å². The van der Waals surface area contributed by atoms with E-state index in [1.54, 1.807) is 18.5 Å². The van der Waals surface area contributed by atoms with Gasteiger partial charge in [0.05, 0.1) is 17.1 Å². The van der Waals surface area contributed by atoms with Crippen LogP contribution in [-0.2, 0) is 0 Å². The van der Waals surface area contributed by atoms with E-state index < -0.39 is 0 Å². The Balaban J connectivity index is 1.31. The highest BCUT2D eigenvalue weighted by Gasteiger charge is 2.18. The van der Waals surface area contributed by atoms with Gasteiger partial charge in [-0.2, -0.15) is 9.97 Å². The Morgan fingerprint density at radius 2 is 1.79 bits per heavy atom. The zero-order chi connectivity index (χ0) is 23.7. The van der Waals surface area contributed by atoms with E-state index in [4.69, 9.17) is 4.74 Å². The first-order chi connectivity index (χ1) is 16.5. The van der Waals surface area contributed by atoms with Crippen LogP contribution < -0.4 is 9.64 Å². The minimum Gasteiger partial charge on any atom is -0.493 e. The number of anilines is 2. The molecule has 3 heterocycles. The van der Waals surface area contributed by atoms with Crippen molar-refractivity contribution >= 4 is 22.3 Å². The number of aromatic hydroxyl groups is 1. The number of aromatic nitrogens is 3. The topological polar surface area (TPSA) is 74.6 Å². The Bertz CT molecular complexity index is 1300. The molecule has 2 aromatic heterocycles. The minimum absolute atomic E-state index is 0.0861. The fourth-order valence-electron chi connectivity index (χ4n) is 4.61. The molecule has 1 aliphatic rings. The van der Waals surface area contributed by atoms with Crippen molar-refractivity contribution in [2.24, 2.45) is 0 Å². The van der Waals surface area contributed by atoms with Crippen LogP contribution in [0, 0.1) is 6.92 Å². The number of ether oxygens (including phenoxy) is 1. The van der Waals surface area contributed by atoms with Gasteiger partial charge in [0.25, 0.3) is 0 Å². The molecule has 0 unspecified atom stereocenters. The highest BCUT2D eigenvalue weighted by molar-refractivity contribution is 5.82. The Hall–Kier alpha value is -3.71. The summed E-state index contributed by atoms with van der Waals surface area (Å²) in [6.07, 6.45) is 5.61. The molecule has 4 aromatic rings. The van der Waals surface area contributed by atoms with Gasteiger partial charge in [-0.05, 0) is 93.3 Å². The summed E-state index contributed by atoms with van der Waals surface area (Å²) in [6, 6.07) is 16.6. The predicted molar refractivity (Wildman–Crippen MR) is 134 cm³/mol. The molecule has 0 radical (unpaired) electrons. The number of aryl methyl sites for hydroxylation is 1. The molecule has 0 aliphatic carbocycles. The largest absolute Gasteiger partial charge is 0.493 e. The monoisotopic (exact) mass is 455 g/mol. The van der Waals surface area contributed by atoms with Crippen LogP contribution >= 0.6 is 0 Å². The zero-order valence-corrected chi connectivity index (χ0v) is 19.8. The summed E-state index contributed by atoms with van der Waals surface area (Å²) >= 11 is 0. The van der Waals surface area contributed by atoms with E-state index in [2.05, 4.69) is 63.1 Å². The number of benzene rings is 2. The Morgan fingerprint density at radius 3 is 2.53 bits per heavy atom. The number of hydrogen-bond acceptors (Lipinski definition) is 7. The molecule has 34 heavy (non-hydrogen) atoms. The third-order valence-electron chi connectivity index (χ3n) is 6.67. The van der Waals surface area contributed by atoms with Gasteiger partial charge >= 0.3 is 6.01 Å². The SMILES string of the molecule is Cc1cc(Oc2nc(O)c3ccncc3n2)ccc1N(C)c1ccc(C2CCN(C)CC2)cc1. The number of fused-ring (bicyclic) bond motifs is 1. The highest BCUT2D eigenvalue weighted by atomic mass is 16.5. The van der Waals surface area contributed by atoms with Crippen LogP contribution in [-0.4, -0.2) is 52.1 Å². The quantitative estimate of drug-likeness (QED) is 0.431. The summed E-state index contributed by atoms with van der Waals surface area (Å²) in [4.78, 5) is 17.0. The predicted octanol–water partition coefficient (Wildman–Crippen LogP) is 5.41. The summed E-state index contributed by atoms with van der Waals surface area (Å²) in [5, 5.41) is 10.7. The summed E-state index contributed by atoms with van der Waals surface area (Å²) in [7, 11) is 4.27. The Morgan fingerprint density at radius 1 is 1.03 bits per heavy atom. The lowest BCUT2D eigenvalue weighted by Gasteiger charge is -2.29. The van der Waals surface area contributed by atoms with Gasteiger partial charge in [-0.3, -0.25) is 4.98 Å². The van der Waals surface area contributed by atoms with Crippen LogP contribution in [0.15, 0.2) is 60.9 Å². The Kier molecular flexibility index (Phi) is 6.02. The van der Waals surface area contributed by atoms with E-state index in [9.17, 15) is 5.11 Å². The maximum absolute atomic E-state index is 10.2. The first-order valence-corrected chi connectivity index (χ1v) is 11.6. The van der Waals surface area contributed by atoms with Crippen molar-refractivity contribution in [3.63, 3.8) is 0 Å². The summed E-state index contributed by atoms with van der Waals surface area (Å²) in [5.41, 5.74) is 5.25. The second-order valence-electron chi connectivity index (χ2n) is 9.00. The van der Waals surface area contributed by atoms with Gasteiger partial charge in [0.15, 0.2) is 0 Å². The van der Waals surface area contributed by atoms with E-state index in [1.165, 1.54) is 31.5 Å². The van der Waals surface area contributed by atoms with Gasteiger partial charge in [0.1, 0.15) is 5.75 Å². The second-order valence-corrected chi connectivity index (χ2v) is 9.00. The Labute approximate surface area is 199 Å². The molecule has 0 spiro atoms. The van der Waals surface area contributed by atoms with Gasteiger partial charge in [-0.25, -0.2) is 0 Å². The molecular formula is C27H29N5O2. The van der Waals surface area contributed by atoms with Gasteiger partial charge in [-0.15, -0.1) is 0 Å². The van der Waals surface area contributed by atoms with Crippen molar-refractivity contribution < 1.29 is 9.84 Å². The first-order valence-electron chi connectivity index (χ1n) is 11.6. The van der Waals surface area contributed by atoms with Crippen molar-refractivity contribution in [2.75, 3.05) is 32.1 Å². The van der Waals surface area contributed by atoms with Crippen LogP contribution in [0.2, 0.25) is 0 Å². The number of pyridine rings is 1. The summed E-state index contributed by atoms with van der Waals surface area (Å²) < 4.78 is 5.85. The third kappa shape index (κ3) is 4.52. The smallest absolute Gasteiger partial charge is 0.325 e. The van der Waals surface area contributed by atoms with Gasteiger partial charge < -0.3 is 19.6 Å². The van der Waals surface area contributed by atoms with Crippen molar-refractivity contribution in [2.45, 2.75) is 25.7 Å². The maximum Gasteiger partial charge on any atom is 0.325 e. The van der Waals surface area contributed by atoms with Crippen molar-refractivity contribution in [1.29, 1.82) is 0 Å². The molecule has 7 heteroatoms. The lowest BCUT2D eigenvalue weighted by atomic mass is 9.89. The fraction of sp³-hybridized carbons (Fsp3) is 0.296. The average molecular weight is 456 g/mol. The van der Waals surface area contributed by atoms with Crippen molar-refractivity contribution in [3.8, 4) is 17.6 Å². The zero-order valence-electron chi connectivity index (χ0n) is 19.8. The molecule has 5 rings (SSSR count). The van der Waals surface area contributed by atoms with E-state index in [0.717, 1.165) is 16.9 Å². The molecule has 0 amide bonds. The van der Waals surface area contributed by atoms with E-state index in [0.29, 0.717) is 22.6 Å². The van der Waals surface area contributed by atoms with Crippen molar-refractivity contribution in [3.05, 3.63) is 72.1 Å². The minimum atomic E-state index is -0.126. The second kappa shape index (κ2) is 9.27. The summed E-state index contributed by atoms with van der Waals surface area (Å²) in [5.74, 6) is 1.13. The number of piperidine rings is 1. The lowest BCUT2D eigenvalue weighted by Crippen LogP contribution is -2.29. The van der Waals surface area contributed by atoms with Gasteiger partial charge in [0.2, 0.25) is 5.88 Å². The molecule has 0 bridgehead atoms.